The van der Waals surface area contributed by atoms with E-state index < -0.39 is 0 Å². The van der Waals surface area contributed by atoms with E-state index in [1.54, 1.807) is 11.3 Å². The smallest absolute Gasteiger partial charge is 0.341 e. The third-order valence-corrected chi connectivity index (χ3v) is 6.46. The lowest BCUT2D eigenvalue weighted by Gasteiger charge is -2.26. The minimum atomic E-state index is -0.278. The van der Waals surface area contributed by atoms with E-state index in [1.807, 2.05) is 6.07 Å². The molecule has 1 aromatic carbocycles. The highest BCUT2D eigenvalue weighted by Crippen LogP contribution is 2.40. The Labute approximate surface area is 156 Å². The minimum Gasteiger partial charge on any atom is -0.465 e. The van der Waals surface area contributed by atoms with Crippen molar-refractivity contribution in [2.75, 3.05) is 17.3 Å². The van der Waals surface area contributed by atoms with E-state index in [4.69, 9.17) is 17.0 Å². The summed E-state index contributed by atoms with van der Waals surface area (Å²) in [6.45, 7) is 2.17. The summed E-state index contributed by atoms with van der Waals surface area (Å²) in [7, 11) is 1.43. The second kappa shape index (κ2) is 6.42. The van der Waals surface area contributed by atoms with Gasteiger partial charge in [-0.1, -0.05) is 18.2 Å². The molecule has 0 spiro atoms. The molecule has 4 rings (SSSR count). The van der Waals surface area contributed by atoms with Gasteiger partial charge in [0.2, 0.25) is 0 Å². The van der Waals surface area contributed by atoms with Crippen LogP contribution in [0.2, 0.25) is 0 Å². The number of ether oxygens (including phenoxy) is 1. The van der Waals surface area contributed by atoms with E-state index in [9.17, 15) is 4.79 Å². The average molecular weight is 373 g/mol. The van der Waals surface area contributed by atoms with Crippen LogP contribution in [-0.4, -0.2) is 24.2 Å². The number of fused-ring (bicyclic) bond motifs is 2. The molecule has 0 bridgehead atoms. The summed E-state index contributed by atoms with van der Waals surface area (Å²) in [4.78, 5) is 15.7. The van der Waals surface area contributed by atoms with Gasteiger partial charge in [0.25, 0.3) is 0 Å². The van der Waals surface area contributed by atoms with Gasteiger partial charge < -0.3 is 15.0 Å². The topological polar surface area (TPSA) is 41.6 Å². The van der Waals surface area contributed by atoms with Gasteiger partial charge in [0.05, 0.1) is 12.7 Å². The first-order valence-corrected chi connectivity index (χ1v) is 9.73. The molecule has 0 amide bonds. The number of anilines is 2. The number of thiophene rings is 1. The molecule has 0 saturated heterocycles. The number of methoxy groups -OCH3 is 1. The lowest BCUT2D eigenvalue weighted by molar-refractivity contribution is 0.0601. The summed E-state index contributed by atoms with van der Waals surface area (Å²) >= 11 is 7.34. The van der Waals surface area contributed by atoms with Crippen LogP contribution in [0, 0.1) is 0 Å². The molecule has 4 nitrogen and oxygen atoms in total. The molecule has 0 radical (unpaired) electrons. The number of hydrogen-bond acceptors (Lipinski definition) is 4. The Bertz CT molecular complexity index is 859. The zero-order valence-electron chi connectivity index (χ0n) is 14.3. The standard InChI is InChI=1S/C19H20N2O2S2/c1-11-10-12-6-3-4-8-14(12)21(11)19(24)20-17-16(18(22)23-2)13-7-5-9-15(13)25-17/h3-4,6,8,11H,5,7,9-10H2,1-2H3,(H,20,24)/t11-/m0/s1. The zero-order valence-corrected chi connectivity index (χ0v) is 15.9. The predicted octanol–water partition coefficient (Wildman–Crippen LogP) is 4.17. The van der Waals surface area contributed by atoms with Gasteiger partial charge in [0, 0.05) is 16.6 Å². The number of esters is 1. The third-order valence-electron chi connectivity index (χ3n) is 4.96. The Balaban J connectivity index is 1.65. The molecule has 0 unspecified atom stereocenters. The van der Waals surface area contributed by atoms with Crippen molar-refractivity contribution in [3.05, 3.63) is 45.8 Å². The van der Waals surface area contributed by atoms with Crippen LogP contribution in [0.5, 0.6) is 0 Å². The van der Waals surface area contributed by atoms with Gasteiger partial charge in [-0.15, -0.1) is 11.3 Å². The van der Waals surface area contributed by atoms with Crippen molar-refractivity contribution in [2.45, 2.75) is 38.6 Å². The van der Waals surface area contributed by atoms with Crippen LogP contribution in [0.4, 0.5) is 10.7 Å². The number of rotatable bonds is 2. The largest absolute Gasteiger partial charge is 0.465 e. The van der Waals surface area contributed by atoms with E-state index in [1.165, 1.54) is 17.6 Å². The number of carbonyl (C=O) groups is 1. The van der Waals surface area contributed by atoms with Gasteiger partial charge in [-0.3, -0.25) is 0 Å². The van der Waals surface area contributed by atoms with Crippen LogP contribution in [0.25, 0.3) is 0 Å². The molecule has 1 atom stereocenters. The zero-order chi connectivity index (χ0) is 17.6. The van der Waals surface area contributed by atoms with Gasteiger partial charge in [-0.05, 0) is 62.0 Å². The number of para-hydroxylation sites is 1. The van der Waals surface area contributed by atoms with E-state index in [0.29, 0.717) is 16.7 Å². The first-order chi connectivity index (χ1) is 12.1. The molecule has 1 aliphatic heterocycles. The molecule has 1 aromatic heterocycles. The summed E-state index contributed by atoms with van der Waals surface area (Å²) < 4.78 is 5.02. The monoisotopic (exact) mass is 372 g/mol. The molecule has 25 heavy (non-hydrogen) atoms. The molecule has 1 aliphatic carbocycles. The SMILES string of the molecule is COC(=O)c1c(NC(=S)N2c3ccccc3C[C@@H]2C)sc2c1CCC2. The summed E-state index contributed by atoms with van der Waals surface area (Å²) in [6, 6.07) is 8.64. The number of nitrogens with one attached hydrogen (secondary N) is 1. The van der Waals surface area contributed by atoms with E-state index in [0.717, 1.165) is 41.9 Å². The summed E-state index contributed by atoms with van der Waals surface area (Å²) in [5.74, 6) is -0.278. The summed E-state index contributed by atoms with van der Waals surface area (Å²) in [5, 5.41) is 4.80. The normalized spacial score (nSPS) is 18.0. The second-order valence-electron chi connectivity index (χ2n) is 6.54. The second-order valence-corrected chi connectivity index (χ2v) is 8.03. The Morgan fingerprint density at radius 1 is 1.36 bits per heavy atom. The molecule has 2 aliphatic rings. The molecule has 2 heterocycles. The van der Waals surface area contributed by atoms with Gasteiger partial charge in [0.1, 0.15) is 5.00 Å². The quantitative estimate of drug-likeness (QED) is 0.633. The number of aryl methyl sites for hydroxylation is 1. The van der Waals surface area contributed by atoms with Crippen LogP contribution in [-0.2, 0) is 24.0 Å². The Morgan fingerprint density at radius 2 is 2.16 bits per heavy atom. The molecular weight excluding hydrogens is 352 g/mol. The molecule has 0 saturated carbocycles. The van der Waals surface area contributed by atoms with E-state index in [2.05, 4.69) is 35.3 Å². The average Bonchev–Trinajstić information content (AvgIpc) is 3.25. The van der Waals surface area contributed by atoms with Crippen molar-refractivity contribution < 1.29 is 9.53 Å². The maximum absolute atomic E-state index is 12.3. The number of thiocarbonyl (C=S) groups is 1. The van der Waals surface area contributed by atoms with Crippen LogP contribution < -0.4 is 10.2 Å². The van der Waals surface area contributed by atoms with Crippen molar-refractivity contribution in [2.24, 2.45) is 0 Å². The van der Waals surface area contributed by atoms with Gasteiger partial charge in [0.15, 0.2) is 5.11 Å². The Morgan fingerprint density at radius 3 is 2.96 bits per heavy atom. The number of nitrogens with zero attached hydrogens (tertiary/aromatic N) is 1. The maximum atomic E-state index is 12.3. The molecule has 130 valence electrons. The van der Waals surface area contributed by atoms with Crippen LogP contribution in [0.3, 0.4) is 0 Å². The fraction of sp³-hybridized carbons (Fsp3) is 0.368. The fourth-order valence-electron chi connectivity index (χ4n) is 3.84. The van der Waals surface area contributed by atoms with Crippen molar-refractivity contribution in [1.29, 1.82) is 0 Å². The van der Waals surface area contributed by atoms with Crippen molar-refractivity contribution in [3.8, 4) is 0 Å². The lowest BCUT2D eigenvalue weighted by Crippen LogP contribution is -2.38. The molecule has 0 fully saturated rings. The third kappa shape index (κ3) is 2.73. The van der Waals surface area contributed by atoms with Crippen LogP contribution in [0.1, 0.15) is 39.7 Å². The Kier molecular flexibility index (Phi) is 4.25. The van der Waals surface area contributed by atoms with Gasteiger partial charge in [-0.25, -0.2) is 4.79 Å². The number of benzene rings is 1. The molecule has 1 N–H and O–H groups in total. The van der Waals surface area contributed by atoms with Gasteiger partial charge >= 0.3 is 5.97 Å². The fourth-order valence-corrected chi connectivity index (χ4v) is 5.56. The molecule has 6 heteroatoms. The highest BCUT2D eigenvalue weighted by molar-refractivity contribution is 7.80. The highest BCUT2D eigenvalue weighted by atomic mass is 32.1. The van der Waals surface area contributed by atoms with Gasteiger partial charge in [-0.2, -0.15) is 0 Å². The van der Waals surface area contributed by atoms with Crippen molar-refractivity contribution in [1.82, 2.24) is 0 Å². The predicted molar refractivity (Wildman–Crippen MR) is 106 cm³/mol. The van der Waals surface area contributed by atoms with Crippen LogP contribution in [0.15, 0.2) is 24.3 Å². The van der Waals surface area contributed by atoms with Crippen molar-refractivity contribution >= 4 is 45.3 Å². The Hall–Kier alpha value is -1.92. The number of hydrogen-bond donors (Lipinski definition) is 1. The lowest BCUT2D eigenvalue weighted by atomic mass is 10.1. The summed E-state index contributed by atoms with van der Waals surface area (Å²) in [6.07, 6.45) is 4.05. The first kappa shape index (κ1) is 16.5. The minimum absolute atomic E-state index is 0.278. The van der Waals surface area contributed by atoms with Crippen molar-refractivity contribution in [3.63, 3.8) is 0 Å². The number of carbonyl (C=O) groups excluding carboxylic acids is 1. The van der Waals surface area contributed by atoms with Crippen LogP contribution >= 0.6 is 23.6 Å². The van der Waals surface area contributed by atoms with E-state index in [-0.39, 0.29) is 5.97 Å². The first-order valence-electron chi connectivity index (χ1n) is 8.51. The maximum Gasteiger partial charge on any atom is 0.341 e. The highest BCUT2D eigenvalue weighted by Gasteiger charge is 2.31. The van der Waals surface area contributed by atoms with E-state index >= 15 is 0 Å². The summed E-state index contributed by atoms with van der Waals surface area (Å²) in [5.41, 5.74) is 4.26. The molecule has 2 aromatic rings. The molecular formula is C19H20N2O2S2.